The Balaban J connectivity index is 1.86. The van der Waals surface area contributed by atoms with Gasteiger partial charge in [0.15, 0.2) is 0 Å². The summed E-state index contributed by atoms with van der Waals surface area (Å²) >= 11 is 6.15. The van der Waals surface area contributed by atoms with Crippen molar-refractivity contribution < 1.29 is 9.90 Å². The first-order valence-corrected chi connectivity index (χ1v) is 7.63. The van der Waals surface area contributed by atoms with Crippen LogP contribution in [-0.4, -0.2) is 23.2 Å². The van der Waals surface area contributed by atoms with E-state index in [4.69, 9.17) is 11.6 Å². The third kappa shape index (κ3) is 3.97. The SMILES string of the molecule is CC1CCC(O)(CNC(=O)C(Cl)c2ccccc2)CC1. The second kappa shape index (κ2) is 6.59. The number of carbonyl (C=O) groups excluding carboxylic acids is 1. The molecule has 0 bridgehead atoms. The summed E-state index contributed by atoms with van der Waals surface area (Å²) in [5.41, 5.74) is 0.00562. The second-order valence-electron chi connectivity index (χ2n) is 5.90. The molecule has 110 valence electrons. The van der Waals surface area contributed by atoms with E-state index in [2.05, 4.69) is 12.2 Å². The number of nitrogens with one attached hydrogen (secondary N) is 1. The summed E-state index contributed by atoms with van der Waals surface area (Å²) < 4.78 is 0. The third-order valence-corrected chi connectivity index (χ3v) is 4.57. The molecule has 1 aliphatic rings. The smallest absolute Gasteiger partial charge is 0.242 e. The number of hydrogen-bond acceptors (Lipinski definition) is 2. The topological polar surface area (TPSA) is 49.3 Å². The number of hydrogen-bond donors (Lipinski definition) is 2. The van der Waals surface area contributed by atoms with E-state index in [-0.39, 0.29) is 12.5 Å². The third-order valence-electron chi connectivity index (χ3n) is 4.12. The van der Waals surface area contributed by atoms with Crippen LogP contribution in [0, 0.1) is 5.92 Å². The maximum Gasteiger partial charge on any atom is 0.242 e. The van der Waals surface area contributed by atoms with Gasteiger partial charge in [0, 0.05) is 6.54 Å². The zero-order chi connectivity index (χ0) is 14.6. The molecule has 2 N–H and O–H groups in total. The van der Waals surface area contributed by atoms with Gasteiger partial charge in [0.2, 0.25) is 5.91 Å². The largest absolute Gasteiger partial charge is 0.388 e. The van der Waals surface area contributed by atoms with E-state index in [1.807, 2.05) is 30.3 Å². The van der Waals surface area contributed by atoms with Crippen molar-refractivity contribution in [1.82, 2.24) is 5.32 Å². The minimum atomic E-state index is -0.768. The quantitative estimate of drug-likeness (QED) is 0.839. The average Bonchev–Trinajstić information content (AvgIpc) is 2.48. The van der Waals surface area contributed by atoms with Gasteiger partial charge in [0.25, 0.3) is 0 Å². The number of amides is 1. The van der Waals surface area contributed by atoms with Gasteiger partial charge in [-0.15, -0.1) is 11.6 Å². The zero-order valence-corrected chi connectivity index (χ0v) is 12.6. The van der Waals surface area contributed by atoms with Gasteiger partial charge in [-0.3, -0.25) is 4.79 Å². The summed E-state index contributed by atoms with van der Waals surface area (Å²) in [5, 5.41) is 12.5. The summed E-state index contributed by atoms with van der Waals surface area (Å²) in [4.78, 5) is 12.0. The summed E-state index contributed by atoms with van der Waals surface area (Å²) in [6.07, 6.45) is 3.50. The van der Waals surface area contributed by atoms with Crippen LogP contribution in [0.4, 0.5) is 0 Å². The molecular formula is C16H22ClNO2. The van der Waals surface area contributed by atoms with Crippen LogP contribution < -0.4 is 5.32 Å². The fraction of sp³-hybridized carbons (Fsp3) is 0.562. The van der Waals surface area contributed by atoms with E-state index >= 15 is 0 Å². The van der Waals surface area contributed by atoms with Crippen molar-refractivity contribution in [2.75, 3.05) is 6.54 Å². The van der Waals surface area contributed by atoms with Gasteiger partial charge >= 0.3 is 0 Å². The number of halogens is 1. The van der Waals surface area contributed by atoms with Crippen molar-refractivity contribution in [3.05, 3.63) is 35.9 Å². The van der Waals surface area contributed by atoms with Gasteiger partial charge in [0.1, 0.15) is 5.38 Å². The molecule has 0 saturated heterocycles. The van der Waals surface area contributed by atoms with Crippen molar-refractivity contribution in [2.24, 2.45) is 5.92 Å². The minimum absolute atomic E-state index is 0.245. The van der Waals surface area contributed by atoms with Crippen LogP contribution in [0.2, 0.25) is 0 Å². The van der Waals surface area contributed by atoms with E-state index in [0.717, 1.165) is 31.2 Å². The van der Waals surface area contributed by atoms with Crippen LogP contribution in [0.3, 0.4) is 0 Å². The van der Waals surface area contributed by atoms with Crippen molar-refractivity contribution in [2.45, 2.75) is 43.6 Å². The lowest BCUT2D eigenvalue weighted by Gasteiger charge is -2.35. The predicted octanol–water partition coefficient (Wildman–Crippen LogP) is 3.02. The van der Waals surface area contributed by atoms with E-state index in [9.17, 15) is 9.90 Å². The van der Waals surface area contributed by atoms with Crippen LogP contribution in [0.1, 0.15) is 43.5 Å². The molecule has 1 amide bonds. The number of alkyl halides is 1. The molecule has 0 aromatic heterocycles. The van der Waals surface area contributed by atoms with E-state index in [1.54, 1.807) is 0 Å². The fourth-order valence-corrected chi connectivity index (χ4v) is 2.81. The molecule has 0 aliphatic heterocycles. The maximum absolute atomic E-state index is 12.0. The molecule has 1 aromatic rings. The highest BCUT2D eigenvalue weighted by molar-refractivity contribution is 6.30. The van der Waals surface area contributed by atoms with E-state index < -0.39 is 11.0 Å². The predicted molar refractivity (Wildman–Crippen MR) is 80.6 cm³/mol. The Morgan fingerprint density at radius 2 is 2.00 bits per heavy atom. The lowest BCUT2D eigenvalue weighted by Crippen LogP contribution is -2.45. The standard InChI is InChI=1S/C16H22ClNO2/c1-12-7-9-16(20,10-8-12)11-18-15(19)14(17)13-5-3-2-4-6-13/h2-6,12,14,20H,7-11H2,1H3,(H,18,19). The Hall–Kier alpha value is -1.06. The molecule has 0 heterocycles. The monoisotopic (exact) mass is 295 g/mol. The van der Waals surface area contributed by atoms with E-state index in [1.165, 1.54) is 0 Å². The van der Waals surface area contributed by atoms with Crippen molar-refractivity contribution >= 4 is 17.5 Å². The molecule has 1 saturated carbocycles. The summed E-state index contributed by atoms with van der Waals surface area (Å²) in [5.74, 6) is 0.418. The Morgan fingerprint density at radius 1 is 1.40 bits per heavy atom. The van der Waals surface area contributed by atoms with Gasteiger partial charge in [-0.2, -0.15) is 0 Å². The molecule has 4 heteroatoms. The second-order valence-corrected chi connectivity index (χ2v) is 6.33. The van der Waals surface area contributed by atoms with Crippen molar-refractivity contribution in [3.8, 4) is 0 Å². The molecular weight excluding hydrogens is 274 g/mol. The van der Waals surface area contributed by atoms with Crippen LogP contribution >= 0.6 is 11.6 Å². The number of aliphatic hydroxyl groups is 1. The first-order chi connectivity index (χ1) is 9.50. The molecule has 1 aromatic carbocycles. The minimum Gasteiger partial charge on any atom is -0.388 e. The van der Waals surface area contributed by atoms with Gasteiger partial charge in [-0.05, 0) is 37.2 Å². The highest BCUT2D eigenvalue weighted by Gasteiger charge is 2.32. The summed E-state index contributed by atoms with van der Waals surface area (Å²) in [6, 6.07) is 9.25. The van der Waals surface area contributed by atoms with Crippen LogP contribution in [0.25, 0.3) is 0 Å². The highest BCUT2D eigenvalue weighted by Crippen LogP contribution is 2.31. The zero-order valence-electron chi connectivity index (χ0n) is 11.8. The molecule has 2 rings (SSSR count). The normalized spacial score (nSPS) is 27.9. The molecule has 1 aliphatic carbocycles. The summed E-state index contributed by atoms with van der Waals surface area (Å²) in [7, 11) is 0. The fourth-order valence-electron chi connectivity index (χ4n) is 2.59. The number of benzene rings is 1. The first-order valence-electron chi connectivity index (χ1n) is 7.19. The highest BCUT2D eigenvalue weighted by atomic mass is 35.5. The summed E-state index contributed by atoms with van der Waals surface area (Å²) in [6.45, 7) is 2.48. The molecule has 20 heavy (non-hydrogen) atoms. The van der Waals surface area contributed by atoms with Gasteiger partial charge in [-0.25, -0.2) is 0 Å². The van der Waals surface area contributed by atoms with Gasteiger partial charge in [0.05, 0.1) is 5.60 Å². The van der Waals surface area contributed by atoms with Crippen molar-refractivity contribution in [1.29, 1.82) is 0 Å². The first kappa shape index (κ1) is 15.3. The molecule has 3 nitrogen and oxygen atoms in total. The van der Waals surface area contributed by atoms with Crippen LogP contribution in [0.5, 0.6) is 0 Å². The molecule has 1 unspecified atom stereocenters. The lowest BCUT2D eigenvalue weighted by molar-refractivity contribution is -0.122. The molecule has 0 radical (unpaired) electrons. The molecule has 1 fully saturated rings. The van der Waals surface area contributed by atoms with Crippen molar-refractivity contribution in [3.63, 3.8) is 0 Å². The average molecular weight is 296 g/mol. The van der Waals surface area contributed by atoms with Crippen LogP contribution in [-0.2, 0) is 4.79 Å². The molecule has 1 atom stereocenters. The Kier molecular flexibility index (Phi) is 5.06. The van der Waals surface area contributed by atoms with Gasteiger partial charge < -0.3 is 10.4 Å². The lowest BCUT2D eigenvalue weighted by atomic mass is 9.79. The Bertz CT molecular complexity index is 441. The van der Waals surface area contributed by atoms with Crippen LogP contribution in [0.15, 0.2) is 30.3 Å². The Morgan fingerprint density at radius 3 is 2.60 bits per heavy atom. The Labute approximate surface area is 125 Å². The van der Waals surface area contributed by atoms with E-state index in [0.29, 0.717) is 5.92 Å². The maximum atomic E-state index is 12.0. The number of carbonyl (C=O) groups is 1. The number of rotatable bonds is 4. The molecule has 0 spiro atoms. The van der Waals surface area contributed by atoms with Gasteiger partial charge in [-0.1, -0.05) is 37.3 Å².